The van der Waals surface area contributed by atoms with Crippen molar-refractivity contribution in [3.63, 3.8) is 0 Å². The van der Waals surface area contributed by atoms with Gasteiger partial charge in [0.15, 0.2) is 0 Å². The number of rotatable bonds is 3. The van der Waals surface area contributed by atoms with Crippen molar-refractivity contribution >= 4 is 22.1 Å². The molecule has 1 nitrogen and oxygen atoms in total. The molecule has 1 heteroatoms. The van der Waals surface area contributed by atoms with E-state index in [0.717, 1.165) is 11.4 Å². The Morgan fingerprint density at radius 2 is 1.13 bits per heavy atom. The van der Waals surface area contributed by atoms with Gasteiger partial charge in [-0.2, -0.15) is 0 Å². The zero-order valence-electron chi connectivity index (χ0n) is 17.5. The Bertz CT molecular complexity index is 1400. The second kappa shape index (κ2) is 6.85. The van der Waals surface area contributed by atoms with Gasteiger partial charge >= 0.3 is 0 Å². The van der Waals surface area contributed by atoms with Crippen LogP contribution in [-0.2, 0) is 5.41 Å². The van der Waals surface area contributed by atoms with Crippen LogP contribution in [0.25, 0.3) is 21.9 Å². The summed E-state index contributed by atoms with van der Waals surface area (Å²) in [6.07, 6.45) is 0. The monoisotopic (exact) mass is 397 g/mol. The predicted molar refractivity (Wildman–Crippen MR) is 131 cm³/mol. The fourth-order valence-electron chi connectivity index (χ4n) is 5.07. The maximum atomic E-state index is 3.57. The van der Waals surface area contributed by atoms with Gasteiger partial charge in [-0.05, 0) is 81.9 Å². The SMILES string of the molecule is CC1(c2ccccc2)c2ccc(Nc3ccccc3)cc2-c2cc3ccccc3cc21. The van der Waals surface area contributed by atoms with Crippen LogP contribution >= 0.6 is 0 Å². The van der Waals surface area contributed by atoms with E-state index < -0.39 is 0 Å². The summed E-state index contributed by atoms with van der Waals surface area (Å²) < 4.78 is 0. The van der Waals surface area contributed by atoms with Crippen molar-refractivity contribution < 1.29 is 0 Å². The van der Waals surface area contributed by atoms with Gasteiger partial charge in [0.05, 0.1) is 0 Å². The molecule has 0 radical (unpaired) electrons. The third kappa shape index (κ3) is 2.78. The van der Waals surface area contributed by atoms with Crippen LogP contribution in [0.1, 0.15) is 23.6 Å². The zero-order chi connectivity index (χ0) is 20.8. The first-order valence-corrected chi connectivity index (χ1v) is 10.8. The van der Waals surface area contributed by atoms with Gasteiger partial charge in [0.1, 0.15) is 0 Å². The van der Waals surface area contributed by atoms with Gasteiger partial charge in [-0.25, -0.2) is 0 Å². The molecule has 1 aliphatic rings. The van der Waals surface area contributed by atoms with Crippen LogP contribution in [0.15, 0.2) is 115 Å². The molecule has 148 valence electrons. The van der Waals surface area contributed by atoms with E-state index in [1.807, 2.05) is 6.07 Å². The lowest BCUT2D eigenvalue weighted by atomic mass is 9.74. The maximum Gasteiger partial charge on any atom is 0.0435 e. The summed E-state index contributed by atoms with van der Waals surface area (Å²) in [6, 6.07) is 41.5. The van der Waals surface area contributed by atoms with Gasteiger partial charge in [0.2, 0.25) is 0 Å². The van der Waals surface area contributed by atoms with Crippen molar-refractivity contribution in [2.45, 2.75) is 12.3 Å². The molecule has 1 aliphatic carbocycles. The standard InChI is InChI=1S/C30H23N/c1-30(23-12-4-2-5-13-23)28-17-16-25(31-24-14-6-3-7-15-24)20-27(28)26-18-21-10-8-9-11-22(21)19-29(26)30/h2-20,31H,1H3. The van der Waals surface area contributed by atoms with Crippen LogP contribution in [0.3, 0.4) is 0 Å². The van der Waals surface area contributed by atoms with Gasteiger partial charge in [-0.1, -0.05) is 78.9 Å². The first kappa shape index (κ1) is 18.0. The lowest BCUT2D eigenvalue weighted by molar-refractivity contribution is 0.715. The summed E-state index contributed by atoms with van der Waals surface area (Å²) in [5.74, 6) is 0. The van der Waals surface area contributed by atoms with Gasteiger partial charge in [-0.15, -0.1) is 0 Å². The minimum Gasteiger partial charge on any atom is -0.356 e. The van der Waals surface area contributed by atoms with Crippen LogP contribution in [0, 0.1) is 0 Å². The fraction of sp³-hybridized carbons (Fsp3) is 0.0667. The molecular weight excluding hydrogens is 374 g/mol. The van der Waals surface area contributed by atoms with E-state index in [2.05, 4.69) is 121 Å². The number of para-hydroxylation sites is 1. The lowest BCUT2D eigenvalue weighted by Crippen LogP contribution is -2.22. The number of benzene rings is 5. The molecule has 0 saturated heterocycles. The molecule has 0 heterocycles. The first-order chi connectivity index (χ1) is 15.2. The van der Waals surface area contributed by atoms with Crippen LogP contribution in [0.2, 0.25) is 0 Å². The minimum absolute atomic E-state index is 0.179. The second-order valence-electron chi connectivity index (χ2n) is 8.49. The summed E-state index contributed by atoms with van der Waals surface area (Å²) >= 11 is 0. The molecule has 0 fully saturated rings. The van der Waals surface area contributed by atoms with Crippen molar-refractivity contribution in [1.29, 1.82) is 0 Å². The van der Waals surface area contributed by atoms with Crippen molar-refractivity contribution in [2.75, 3.05) is 5.32 Å². The molecule has 0 aromatic heterocycles. The molecule has 6 rings (SSSR count). The highest BCUT2D eigenvalue weighted by atomic mass is 14.9. The van der Waals surface area contributed by atoms with Crippen LogP contribution < -0.4 is 5.32 Å². The third-order valence-corrected chi connectivity index (χ3v) is 6.69. The lowest BCUT2D eigenvalue weighted by Gasteiger charge is -2.28. The maximum absolute atomic E-state index is 3.57. The number of nitrogens with one attached hydrogen (secondary N) is 1. The summed E-state index contributed by atoms with van der Waals surface area (Å²) in [6.45, 7) is 2.37. The summed E-state index contributed by atoms with van der Waals surface area (Å²) in [7, 11) is 0. The average molecular weight is 398 g/mol. The molecule has 5 aromatic carbocycles. The smallest absolute Gasteiger partial charge is 0.0435 e. The Balaban J connectivity index is 1.59. The normalized spacial score (nSPS) is 16.7. The van der Waals surface area contributed by atoms with E-state index >= 15 is 0 Å². The molecule has 0 spiro atoms. The predicted octanol–water partition coefficient (Wildman–Crippen LogP) is 7.92. The van der Waals surface area contributed by atoms with E-state index in [1.54, 1.807) is 0 Å². The van der Waals surface area contributed by atoms with Gasteiger partial charge < -0.3 is 5.32 Å². The van der Waals surface area contributed by atoms with E-state index in [1.165, 1.54) is 38.6 Å². The van der Waals surface area contributed by atoms with Gasteiger partial charge in [0.25, 0.3) is 0 Å². The highest BCUT2D eigenvalue weighted by molar-refractivity contribution is 5.95. The molecule has 31 heavy (non-hydrogen) atoms. The molecule has 0 saturated carbocycles. The second-order valence-corrected chi connectivity index (χ2v) is 8.49. The van der Waals surface area contributed by atoms with Gasteiger partial charge in [-0.3, -0.25) is 0 Å². The number of anilines is 2. The molecule has 0 bridgehead atoms. The van der Waals surface area contributed by atoms with Crippen molar-refractivity contribution in [3.8, 4) is 11.1 Å². The van der Waals surface area contributed by atoms with E-state index in [4.69, 9.17) is 0 Å². The molecule has 0 amide bonds. The van der Waals surface area contributed by atoms with Crippen LogP contribution in [0.5, 0.6) is 0 Å². The molecule has 5 aromatic rings. The van der Waals surface area contributed by atoms with Crippen LogP contribution in [-0.4, -0.2) is 0 Å². The summed E-state index contributed by atoms with van der Waals surface area (Å²) in [4.78, 5) is 0. The Kier molecular flexibility index (Phi) is 3.97. The highest BCUT2D eigenvalue weighted by Gasteiger charge is 2.41. The molecule has 1 atom stereocenters. The van der Waals surface area contributed by atoms with Crippen molar-refractivity contribution in [3.05, 3.63) is 132 Å². The quantitative estimate of drug-likeness (QED) is 0.326. The summed E-state index contributed by atoms with van der Waals surface area (Å²) in [5.41, 5.74) is 8.75. The highest BCUT2D eigenvalue weighted by Crippen LogP contribution is 2.53. The average Bonchev–Trinajstić information content (AvgIpc) is 3.07. The first-order valence-electron chi connectivity index (χ1n) is 10.8. The zero-order valence-corrected chi connectivity index (χ0v) is 17.5. The van der Waals surface area contributed by atoms with Crippen molar-refractivity contribution in [1.82, 2.24) is 0 Å². The summed E-state index contributed by atoms with van der Waals surface area (Å²) in [5, 5.41) is 6.14. The Hall–Kier alpha value is -3.84. The van der Waals surface area contributed by atoms with Crippen LogP contribution in [0.4, 0.5) is 11.4 Å². The van der Waals surface area contributed by atoms with Crippen molar-refractivity contribution in [2.24, 2.45) is 0 Å². The largest absolute Gasteiger partial charge is 0.356 e. The van der Waals surface area contributed by atoms with E-state index in [9.17, 15) is 0 Å². The fourth-order valence-corrected chi connectivity index (χ4v) is 5.07. The Morgan fingerprint density at radius 1 is 0.516 bits per heavy atom. The topological polar surface area (TPSA) is 12.0 Å². The Morgan fingerprint density at radius 3 is 1.87 bits per heavy atom. The third-order valence-electron chi connectivity index (χ3n) is 6.69. The molecule has 0 aliphatic heterocycles. The number of hydrogen-bond acceptors (Lipinski definition) is 1. The van der Waals surface area contributed by atoms with E-state index in [0.29, 0.717) is 0 Å². The number of hydrogen-bond donors (Lipinski definition) is 1. The molecule has 1 N–H and O–H groups in total. The van der Waals surface area contributed by atoms with E-state index in [-0.39, 0.29) is 5.41 Å². The Labute approximate surface area is 183 Å². The molecular formula is C30H23N. The molecule has 1 unspecified atom stereocenters. The van der Waals surface area contributed by atoms with Gasteiger partial charge in [0, 0.05) is 16.8 Å². The number of fused-ring (bicyclic) bond motifs is 4. The minimum atomic E-state index is -0.179.